The Hall–Kier alpha value is -2.76. The van der Waals surface area contributed by atoms with E-state index in [0.29, 0.717) is 32.2 Å². The summed E-state index contributed by atoms with van der Waals surface area (Å²) in [5, 5.41) is 11.3. The lowest BCUT2D eigenvalue weighted by molar-refractivity contribution is -0.132. The minimum atomic E-state index is -2.89. The predicted octanol–water partition coefficient (Wildman–Crippen LogP) is -1.09. The van der Waals surface area contributed by atoms with E-state index in [1.54, 1.807) is 0 Å². The van der Waals surface area contributed by atoms with Crippen LogP contribution in [-0.2, 0) is 70.0 Å². The molecule has 1 unspecified atom stereocenters. The Labute approximate surface area is 333 Å². The summed E-state index contributed by atoms with van der Waals surface area (Å²) in [7, 11) is 0. The van der Waals surface area contributed by atoms with Crippen LogP contribution in [0.1, 0.15) is 36.8 Å². The first-order valence-corrected chi connectivity index (χ1v) is 21.8. The van der Waals surface area contributed by atoms with Gasteiger partial charge < -0.3 is 54.5 Å². The van der Waals surface area contributed by atoms with Crippen molar-refractivity contribution in [1.29, 1.82) is 0 Å². The number of amides is 4. The molecule has 1 aliphatic rings. The smallest absolute Gasteiger partial charge is 0.252 e. The molecule has 10 N–H and O–H groups in total. The average Bonchev–Trinajstić information content (AvgIpc) is 3.16. The average molecular weight is 837 g/mol. The summed E-state index contributed by atoms with van der Waals surface area (Å²) in [4.78, 5) is 67.9. The molecule has 1 aromatic rings. The Kier molecular flexibility index (Phi) is 26.0. The number of nitrogens with zero attached hydrogens (tertiary/aromatic N) is 1. The largest absolute Gasteiger partial charge is 0.377 e. The van der Waals surface area contributed by atoms with E-state index in [4.69, 9.17) is 36.4 Å². The van der Waals surface area contributed by atoms with Gasteiger partial charge in [-0.15, -0.1) is 0 Å². The van der Waals surface area contributed by atoms with Crippen molar-refractivity contribution in [3.63, 3.8) is 0 Å². The van der Waals surface area contributed by atoms with Crippen LogP contribution in [0, 0.1) is 5.92 Å². The Morgan fingerprint density at radius 3 is 1.64 bits per heavy atom. The van der Waals surface area contributed by atoms with Crippen LogP contribution in [-0.4, -0.2) is 140 Å². The number of nitrogens with one attached hydrogen (secondary N) is 4. The molecule has 0 spiro atoms. The summed E-state index contributed by atoms with van der Waals surface area (Å²) in [6.07, 6.45) is 2.50. The van der Waals surface area contributed by atoms with Crippen LogP contribution >= 0.6 is 18.8 Å². The minimum absolute atomic E-state index is 0.0613. The lowest BCUT2D eigenvalue weighted by atomic mass is 9.87. The molecule has 0 heterocycles. The molecular formula is C34H61N8O12PS. The van der Waals surface area contributed by atoms with Gasteiger partial charge in [0, 0.05) is 38.8 Å². The van der Waals surface area contributed by atoms with Gasteiger partial charge in [-0.3, -0.25) is 28.6 Å². The number of carbonyl (C=O) groups excluding carboxylic acids is 4. The highest BCUT2D eigenvalue weighted by Crippen LogP contribution is 2.50. The number of benzene rings is 1. The third-order valence-electron chi connectivity index (χ3n) is 8.46. The van der Waals surface area contributed by atoms with Gasteiger partial charge in [0.2, 0.25) is 23.6 Å². The second-order valence-electron chi connectivity index (χ2n) is 13.0. The third-order valence-corrected chi connectivity index (χ3v) is 9.44. The quantitative estimate of drug-likeness (QED) is 0.0191. The van der Waals surface area contributed by atoms with Crippen molar-refractivity contribution in [2.75, 3.05) is 98.9 Å². The number of nitrogens with two attached hydrogens (primary N) is 3. The van der Waals surface area contributed by atoms with E-state index in [0.717, 1.165) is 11.1 Å². The van der Waals surface area contributed by atoms with Crippen LogP contribution in [0.5, 0.6) is 0 Å². The normalized spacial score (nSPS) is 17.2. The van der Waals surface area contributed by atoms with E-state index >= 15 is 0 Å². The molecule has 0 saturated heterocycles. The zero-order valence-electron chi connectivity index (χ0n) is 32.2. The van der Waals surface area contributed by atoms with Crippen LogP contribution in [0.4, 0.5) is 0 Å². The summed E-state index contributed by atoms with van der Waals surface area (Å²) in [6.45, 7) is 0.703. The Morgan fingerprint density at radius 1 is 0.714 bits per heavy atom. The first kappa shape index (κ1) is 49.4. The molecular weight excluding hydrogens is 775 g/mol. The summed E-state index contributed by atoms with van der Waals surface area (Å²) in [6, 6.07) is 6.42. The number of rotatable bonds is 31. The monoisotopic (exact) mass is 836 g/mol. The Morgan fingerprint density at radius 2 is 1.18 bits per heavy atom. The van der Waals surface area contributed by atoms with Crippen LogP contribution in [0.3, 0.4) is 0 Å². The van der Waals surface area contributed by atoms with Gasteiger partial charge in [-0.25, -0.2) is 17.7 Å². The van der Waals surface area contributed by atoms with E-state index < -0.39 is 30.3 Å². The molecule has 56 heavy (non-hydrogen) atoms. The van der Waals surface area contributed by atoms with Gasteiger partial charge in [0.05, 0.1) is 84.7 Å². The highest BCUT2D eigenvalue weighted by Gasteiger charge is 2.31. The van der Waals surface area contributed by atoms with Gasteiger partial charge in [0.1, 0.15) is 0 Å². The maximum Gasteiger partial charge on any atom is 0.252 e. The van der Waals surface area contributed by atoms with Crippen molar-refractivity contribution in [3.05, 3.63) is 35.4 Å². The van der Waals surface area contributed by atoms with Crippen molar-refractivity contribution in [1.82, 2.24) is 26.2 Å². The van der Waals surface area contributed by atoms with Gasteiger partial charge >= 0.3 is 0 Å². The van der Waals surface area contributed by atoms with Crippen molar-refractivity contribution < 1.29 is 57.0 Å². The summed E-state index contributed by atoms with van der Waals surface area (Å²) < 4.78 is 33.5. The van der Waals surface area contributed by atoms with Crippen LogP contribution in [0.2, 0.25) is 0 Å². The Bertz CT molecular complexity index is 1290. The first-order chi connectivity index (χ1) is 26.9. The number of thiol groups is 1. The molecule has 1 saturated carbocycles. The van der Waals surface area contributed by atoms with Gasteiger partial charge in [-0.1, -0.05) is 36.5 Å². The van der Waals surface area contributed by atoms with Gasteiger partial charge in [0.25, 0.3) is 6.57 Å². The number of carbonyl (C=O) groups is 4. The van der Waals surface area contributed by atoms with Gasteiger partial charge in [0.15, 0.2) is 0 Å². The maximum absolute atomic E-state index is 13.8. The molecule has 1 aliphatic carbocycles. The highest BCUT2D eigenvalue weighted by molar-refractivity contribution is 8.46. The molecule has 0 bridgehead atoms. The number of hydrogen-bond acceptors (Lipinski definition) is 16. The fourth-order valence-electron chi connectivity index (χ4n) is 5.72. The van der Waals surface area contributed by atoms with E-state index in [1.807, 2.05) is 24.3 Å². The first-order valence-electron chi connectivity index (χ1n) is 18.5. The third kappa shape index (κ3) is 22.8. The van der Waals surface area contributed by atoms with E-state index in [9.17, 15) is 23.7 Å². The standard InChI is InChI=1S/C34H61N8O12PS/c1-55(47,56)54-29-8-6-28(7-9-29)33(45)41-23-27-4-2-26(3-5-27)22-30(34(46)40-12-15-50-18-21-53-37)42(24-31(43)38-10-13-48-16-19-51-35)25-32(44)39-11-14-49-17-20-52-36/h2-5,28-30H,6-25,35-37H2,1H3,(H,38,43)(H,39,44)(H,40,46)(H,41,45)(H,47,56)/t28-,29-,30-,55?/m1/s1. The molecule has 320 valence electrons. The molecule has 0 radical (unpaired) electrons. The summed E-state index contributed by atoms with van der Waals surface area (Å²) in [5.74, 6) is 13.5. The minimum Gasteiger partial charge on any atom is -0.377 e. The fraction of sp³-hybridized carbons (Fsp3) is 0.706. The van der Waals surface area contributed by atoms with Crippen molar-refractivity contribution in [2.24, 2.45) is 23.6 Å². The molecule has 20 nitrogen and oxygen atoms in total. The molecule has 2 atom stereocenters. The fourth-order valence-corrected chi connectivity index (χ4v) is 6.88. The zero-order chi connectivity index (χ0) is 41.0. The summed E-state index contributed by atoms with van der Waals surface area (Å²) in [5.41, 5.74) is 1.60. The summed E-state index contributed by atoms with van der Waals surface area (Å²) >= 11 is 4.01. The molecule has 1 fully saturated rings. The molecule has 22 heteroatoms. The molecule has 1 aromatic carbocycles. The number of hydrogen-bond donors (Lipinski definition) is 8. The zero-order valence-corrected chi connectivity index (χ0v) is 33.9. The van der Waals surface area contributed by atoms with Crippen molar-refractivity contribution in [3.8, 4) is 0 Å². The predicted molar refractivity (Wildman–Crippen MR) is 209 cm³/mol. The van der Waals surface area contributed by atoms with Crippen molar-refractivity contribution in [2.45, 2.75) is 50.8 Å². The molecule has 0 aromatic heterocycles. The maximum atomic E-state index is 13.8. The van der Waals surface area contributed by atoms with Gasteiger partial charge in [-0.2, -0.15) is 0 Å². The Balaban J connectivity index is 2.13. The molecule has 2 rings (SSSR count). The second kappa shape index (κ2) is 29.5. The lowest BCUT2D eigenvalue weighted by Crippen LogP contribution is -2.54. The lowest BCUT2D eigenvalue weighted by Gasteiger charge is -2.30. The molecule has 0 aliphatic heterocycles. The van der Waals surface area contributed by atoms with E-state index in [1.165, 1.54) is 11.6 Å². The SMILES string of the molecule is CP(=O)(S)O[C@H]1CC[C@H](C(=O)NCc2ccc(C[C@H](C(=O)NCCOCCON)N(CC(=O)NCCOCCON)CC(=O)NCCOCCON)cc2)CC1. The van der Waals surface area contributed by atoms with E-state index in [-0.39, 0.29) is 117 Å². The van der Waals surface area contributed by atoms with Crippen LogP contribution < -0.4 is 39.0 Å². The topological polar surface area (TPSA) is 279 Å². The van der Waals surface area contributed by atoms with Gasteiger partial charge in [-0.05, 0) is 43.2 Å². The number of ether oxygens (including phenoxy) is 3. The van der Waals surface area contributed by atoms with Crippen LogP contribution in [0.25, 0.3) is 0 Å². The second-order valence-corrected chi connectivity index (χ2v) is 17.0. The highest BCUT2D eigenvalue weighted by atomic mass is 32.7. The van der Waals surface area contributed by atoms with Crippen molar-refractivity contribution >= 4 is 42.4 Å². The van der Waals surface area contributed by atoms with E-state index in [2.05, 4.69) is 48.0 Å². The van der Waals surface area contributed by atoms with Crippen LogP contribution in [0.15, 0.2) is 24.3 Å². The molecule has 4 amide bonds.